The number of ketones is 1. The number of aryl methyl sites for hydroxylation is 1. The number of hydrogen-bond acceptors (Lipinski definition) is 2. The van der Waals surface area contributed by atoms with Crippen molar-refractivity contribution < 1.29 is 13.6 Å². The van der Waals surface area contributed by atoms with E-state index in [1.807, 2.05) is 0 Å². The number of anilines is 1. The summed E-state index contributed by atoms with van der Waals surface area (Å²) >= 11 is 0. The Kier molecular flexibility index (Phi) is 3.60. The summed E-state index contributed by atoms with van der Waals surface area (Å²) in [5, 5.41) is 0. The average Bonchev–Trinajstić information content (AvgIpc) is 2.37. The highest BCUT2D eigenvalue weighted by Crippen LogP contribution is 2.19. The van der Waals surface area contributed by atoms with E-state index in [0.29, 0.717) is 11.3 Å². The predicted octanol–water partition coefficient (Wildman–Crippen LogP) is 3.28. The van der Waals surface area contributed by atoms with Gasteiger partial charge in [-0.3, -0.25) is 4.79 Å². The Hall–Kier alpha value is -2.23. The fraction of sp³-hybridized carbons (Fsp3) is 0.133. The van der Waals surface area contributed by atoms with E-state index in [1.165, 1.54) is 13.0 Å². The molecule has 0 saturated heterocycles. The molecule has 0 atom stereocenters. The van der Waals surface area contributed by atoms with E-state index in [9.17, 15) is 13.6 Å². The third-order valence-corrected chi connectivity index (χ3v) is 2.91. The van der Waals surface area contributed by atoms with Gasteiger partial charge in [0.2, 0.25) is 0 Å². The van der Waals surface area contributed by atoms with Gasteiger partial charge >= 0.3 is 0 Å². The molecule has 2 nitrogen and oxygen atoms in total. The minimum absolute atomic E-state index is 0.0580. The van der Waals surface area contributed by atoms with Crippen LogP contribution in [0.1, 0.15) is 21.5 Å². The van der Waals surface area contributed by atoms with Gasteiger partial charge in [-0.1, -0.05) is 18.2 Å². The molecule has 0 fully saturated rings. The lowest BCUT2D eigenvalue weighted by atomic mass is 10.00. The van der Waals surface area contributed by atoms with Crippen molar-refractivity contribution >= 4 is 11.5 Å². The second-order valence-corrected chi connectivity index (χ2v) is 4.39. The van der Waals surface area contributed by atoms with Gasteiger partial charge in [0.1, 0.15) is 11.6 Å². The molecule has 0 aromatic heterocycles. The Morgan fingerprint density at radius 3 is 2.37 bits per heavy atom. The van der Waals surface area contributed by atoms with E-state index < -0.39 is 23.0 Å². The van der Waals surface area contributed by atoms with Crippen LogP contribution in [-0.4, -0.2) is 5.78 Å². The van der Waals surface area contributed by atoms with Gasteiger partial charge < -0.3 is 5.73 Å². The van der Waals surface area contributed by atoms with Crippen molar-refractivity contribution in [3.63, 3.8) is 0 Å². The van der Waals surface area contributed by atoms with Crippen molar-refractivity contribution in [2.75, 3.05) is 5.73 Å². The lowest BCUT2D eigenvalue weighted by Crippen LogP contribution is -2.10. The number of nitrogen functional groups attached to an aromatic ring is 1. The highest BCUT2D eigenvalue weighted by Gasteiger charge is 2.19. The fourth-order valence-electron chi connectivity index (χ4n) is 1.82. The molecule has 0 amide bonds. The first-order valence-electron chi connectivity index (χ1n) is 5.81. The molecule has 2 rings (SSSR count). The Bertz CT molecular complexity index is 621. The summed E-state index contributed by atoms with van der Waals surface area (Å²) in [6.45, 7) is 1.49. The molecule has 0 unspecified atom stereocenters. The number of carbonyl (C=O) groups is 1. The van der Waals surface area contributed by atoms with Crippen LogP contribution in [0.5, 0.6) is 0 Å². The molecule has 19 heavy (non-hydrogen) atoms. The maximum absolute atomic E-state index is 13.8. The first-order valence-corrected chi connectivity index (χ1v) is 5.81. The van der Waals surface area contributed by atoms with Crippen molar-refractivity contribution in [1.29, 1.82) is 0 Å². The van der Waals surface area contributed by atoms with E-state index in [2.05, 4.69) is 0 Å². The van der Waals surface area contributed by atoms with Crippen LogP contribution in [0.2, 0.25) is 0 Å². The molecule has 0 aliphatic heterocycles. The van der Waals surface area contributed by atoms with Crippen LogP contribution < -0.4 is 5.73 Å². The Labute approximate surface area is 109 Å². The molecule has 4 heteroatoms. The third kappa shape index (κ3) is 2.78. The van der Waals surface area contributed by atoms with Gasteiger partial charge in [0.05, 0.1) is 5.56 Å². The summed E-state index contributed by atoms with van der Waals surface area (Å²) < 4.78 is 27.4. The molecule has 2 aromatic carbocycles. The zero-order valence-corrected chi connectivity index (χ0v) is 10.4. The number of rotatable bonds is 3. The second-order valence-electron chi connectivity index (χ2n) is 4.39. The number of carbonyl (C=O) groups excluding carboxylic acids is 1. The number of nitrogens with two attached hydrogens (primary N) is 1. The van der Waals surface area contributed by atoms with Crippen LogP contribution in [0.25, 0.3) is 0 Å². The molecule has 0 spiro atoms. The van der Waals surface area contributed by atoms with Gasteiger partial charge in [0.15, 0.2) is 5.78 Å². The molecule has 0 heterocycles. The predicted molar refractivity (Wildman–Crippen MR) is 70.0 cm³/mol. The summed E-state index contributed by atoms with van der Waals surface area (Å²) in [6, 6.07) is 9.04. The molecule has 0 bridgehead atoms. The fourth-order valence-corrected chi connectivity index (χ4v) is 1.82. The standard InChI is InChI=1S/C15H13F2NO/c1-9-2-7-12(16)14(15(9)17)13(19)8-10-3-5-11(18)6-4-10/h2-7H,8,18H2,1H3. The molecule has 98 valence electrons. The minimum Gasteiger partial charge on any atom is -0.399 e. The van der Waals surface area contributed by atoms with Crippen LogP contribution in [0, 0.1) is 18.6 Å². The molecule has 2 aromatic rings. The van der Waals surface area contributed by atoms with Crippen molar-refractivity contribution in [3.05, 3.63) is 64.7 Å². The van der Waals surface area contributed by atoms with Crippen LogP contribution >= 0.6 is 0 Å². The van der Waals surface area contributed by atoms with Gasteiger partial charge in [0.25, 0.3) is 0 Å². The minimum atomic E-state index is -0.830. The van der Waals surface area contributed by atoms with Crippen LogP contribution in [-0.2, 0) is 6.42 Å². The Morgan fingerprint density at radius 1 is 1.11 bits per heavy atom. The van der Waals surface area contributed by atoms with E-state index in [1.54, 1.807) is 24.3 Å². The van der Waals surface area contributed by atoms with E-state index in [-0.39, 0.29) is 12.0 Å². The Balaban J connectivity index is 2.30. The molecule has 0 aliphatic carbocycles. The third-order valence-electron chi connectivity index (χ3n) is 2.91. The largest absolute Gasteiger partial charge is 0.399 e. The molecule has 0 aliphatic rings. The quantitative estimate of drug-likeness (QED) is 0.680. The molecule has 0 saturated carbocycles. The topological polar surface area (TPSA) is 43.1 Å². The summed E-state index contributed by atoms with van der Waals surface area (Å²) in [7, 11) is 0. The van der Waals surface area contributed by atoms with Gasteiger partial charge in [-0.2, -0.15) is 0 Å². The first kappa shape index (κ1) is 13.2. The van der Waals surface area contributed by atoms with Gasteiger partial charge in [-0.05, 0) is 36.2 Å². The summed E-state index contributed by atoms with van der Waals surface area (Å²) in [5.74, 6) is -2.20. The van der Waals surface area contributed by atoms with Gasteiger partial charge in [-0.25, -0.2) is 8.78 Å². The highest BCUT2D eigenvalue weighted by molar-refractivity contribution is 5.98. The van der Waals surface area contributed by atoms with E-state index in [0.717, 1.165) is 6.07 Å². The van der Waals surface area contributed by atoms with Crippen molar-refractivity contribution in [2.24, 2.45) is 0 Å². The lowest BCUT2D eigenvalue weighted by Gasteiger charge is -2.07. The summed E-state index contributed by atoms with van der Waals surface area (Å²) in [4.78, 5) is 12.0. The first-order chi connectivity index (χ1) is 8.99. The highest BCUT2D eigenvalue weighted by atomic mass is 19.1. The zero-order chi connectivity index (χ0) is 14.0. The monoisotopic (exact) mass is 261 g/mol. The number of benzene rings is 2. The van der Waals surface area contributed by atoms with Crippen LogP contribution in [0.15, 0.2) is 36.4 Å². The molecular formula is C15H13F2NO. The lowest BCUT2D eigenvalue weighted by molar-refractivity contribution is 0.0984. The number of hydrogen-bond donors (Lipinski definition) is 1. The Morgan fingerprint density at radius 2 is 1.74 bits per heavy atom. The summed E-state index contributed by atoms with van der Waals surface area (Å²) in [6.07, 6.45) is -0.0580. The van der Waals surface area contributed by atoms with Crippen LogP contribution in [0.3, 0.4) is 0 Å². The maximum atomic E-state index is 13.8. The van der Waals surface area contributed by atoms with Crippen molar-refractivity contribution in [3.8, 4) is 0 Å². The normalized spacial score (nSPS) is 10.5. The average molecular weight is 261 g/mol. The second kappa shape index (κ2) is 5.18. The van der Waals surface area contributed by atoms with Crippen LogP contribution in [0.4, 0.5) is 14.5 Å². The zero-order valence-electron chi connectivity index (χ0n) is 10.4. The maximum Gasteiger partial charge on any atom is 0.173 e. The van der Waals surface area contributed by atoms with Gasteiger partial charge in [-0.15, -0.1) is 0 Å². The molecule has 0 radical (unpaired) electrons. The molecule has 2 N–H and O–H groups in total. The molecular weight excluding hydrogens is 248 g/mol. The van der Waals surface area contributed by atoms with Crippen molar-refractivity contribution in [2.45, 2.75) is 13.3 Å². The number of Topliss-reactive ketones (excluding diaryl/α,β-unsaturated/α-hetero) is 1. The van der Waals surface area contributed by atoms with E-state index in [4.69, 9.17) is 5.73 Å². The van der Waals surface area contributed by atoms with E-state index >= 15 is 0 Å². The number of halogens is 2. The SMILES string of the molecule is Cc1ccc(F)c(C(=O)Cc2ccc(N)cc2)c1F. The smallest absolute Gasteiger partial charge is 0.173 e. The van der Waals surface area contributed by atoms with Crippen molar-refractivity contribution in [1.82, 2.24) is 0 Å². The summed E-state index contributed by atoms with van der Waals surface area (Å²) in [5.41, 5.74) is 6.55. The van der Waals surface area contributed by atoms with Gasteiger partial charge in [0, 0.05) is 12.1 Å².